The van der Waals surface area contributed by atoms with Crippen LogP contribution >= 0.6 is 0 Å². The molecule has 1 aliphatic heterocycles. The lowest BCUT2D eigenvalue weighted by atomic mass is 9.99. The van der Waals surface area contributed by atoms with Gasteiger partial charge in [0.2, 0.25) is 0 Å². The third-order valence-corrected chi connectivity index (χ3v) is 5.10. The van der Waals surface area contributed by atoms with Crippen LogP contribution in [-0.2, 0) is 13.5 Å². The van der Waals surface area contributed by atoms with Crippen LogP contribution in [0.15, 0.2) is 42.6 Å². The number of aryl methyl sites for hydroxylation is 1. The number of para-hydroxylation sites is 1. The fraction of sp³-hybridized carbons (Fsp3) is 0.421. The number of hydrogen-bond acceptors (Lipinski definition) is 2. The summed E-state index contributed by atoms with van der Waals surface area (Å²) in [6.45, 7) is 2.29. The summed E-state index contributed by atoms with van der Waals surface area (Å²) in [5.41, 5.74) is 3.93. The van der Waals surface area contributed by atoms with E-state index in [0.29, 0.717) is 6.04 Å². The Morgan fingerprint density at radius 1 is 1.22 bits per heavy atom. The topological polar surface area (TPSA) is 36.9 Å². The first-order valence-corrected chi connectivity index (χ1v) is 8.60. The van der Waals surface area contributed by atoms with E-state index in [-0.39, 0.29) is 0 Å². The molecule has 0 radical (unpaired) electrons. The van der Waals surface area contributed by atoms with E-state index < -0.39 is 0 Å². The predicted molar refractivity (Wildman–Crippen MR) is 93.4 cm³/mol. The number of nitrogens with zero attached hydrogens (tertiary/aromatic N) is 3. The number of fused-ring (bicyclic) bond motifs is 1. The van der Waals surface area contributed by atoms with E-state index in [1.807, 2.05) is 17.9 Å². The third-order valence-electron chi connectivity index (χ3n) is 5.10. The van der Waals surface area contributed by atoms with Gasteiger partial charge >= 0.3 is 0 Å². The normalized spacial score (nSPS) is 19.4. The zero-order chi connectivity index (χ0) is 15.6. The highest BCUT2D eigenvalue weighted by atomic mass is 15.3. The minimum absolute atomic E-state index is 0.518. The summed E-state index contributed by atoms with van der Waals surface area (Å²) in [5, 5.41) is 5.60. The number of nitrogens with one attached hydrogen (secondary N) is 1. The molecule has 4 heteroatoms. The summed E-state index contributed by atoms with van der Waals surface area (Å²) >= 11 is 0. The summed E-state index contributed by atoms with van der Waals surface area (Å²) in [5.74, 6) is 0. The fourth-order valence-corrected chi connectivity index (χ4v) is 3.79. The van der Waals surface area contributed by atoms with Crippen LogP contribution in [0, 0.1) is 0 Å². The van der Waals surface area contributed by atoms with Gasteiger partial charge in [-0.3, -0.25) is 9.58 Å². The molecule has 0 amide bonds. The predicted octanol–water partition coefficient (Wildman–Crippen LogP) is 3.67. The lowest BCUT2D eigenvalue weighted by Gasteiger charge is -2.35. The average molecular weight is 308 g/mol. The van der Waals surface area contributed by atoms with Gasteiger partial charge in [0.05, 0.1) is 0 Å². The maximum Gasteiger partial charge on any atom is 0.0498 e. The number of likely N-dealkylation sites (tertiary alicyclic amines) is 1. The van der Waals surface area contributed by atoms with Crippen molar-refractivity contribution in [2.45, 2.75) is 31.7 Å². The lowest BCUT2D eigenvalue weighted by Crippen LogP contribution is -2.35. The number of piperidine rings is 1. The molecule has 3 heterocycles. The van der Waals surface area contributed by atoms with E-state index >= 15 is 0 Å². The van der Waals surface area contributed by atoms with E-state index in [1.165, 1.54) is 48.1 Å². The number of rotatable bonds is 4. The minimum Gasteiger partial charge on any atom is -0.357 e. The van der Waals surface area contributed by atoms with Gasteiger partial charge in [0, 0.05) is 49.2 Å². The van der Waals surface area contributed by atoms with Crippen molar-refractivity contribution >= 4 is 10.9 Å². The first-order valence-electron chi connectivity index (χ1n) is 8.60. The van der Waals surface area contributed by atoms with Crippen molar-refractivity contribution in [3.63, 3.8) is 0 Å². The van der Waals surface area contributed by atoms with Gasteiger partial charge in [0.15, 0.2) is 0 Å². The fourth-order valence-electron chi connectivity index (χ4n) is 3.79. The molecule has 4 nitrogen and oxygen atoms in total. The molecule has 2 aromatic heterocycles. The van der Waals surface area contributed by atoms with Crippen molar-refractivity contribution in [3.05, 3.63) is 54.0 Å². The largest absolute Gasteiger partial charge is 0.357 e. The summed E-state index contributed by atoms with van der Waals surface area (Å²) < 4.78 is 1.99. The van der Waals surface area contributed by atoms with Gasteiger partial charge in [0.25, 0.3) is 0 Å². The highest BCUT2D eigenvalue weighted by Gasteiger charge is 2.25. The standard InChI is InChI=1S/C19H24N4/c1-22-16(9-11-20-22)10-13-23-12-5-4-8-19(23)18-14-15-6-2-3-7-17(15)21-18/h2-3,6-7,9,11,14,19,21H,4-5,8,10,12-13H2,1H3/t19-/m1/s1. The highest BCUT2D eigenvalue weighted by Crippen LogP contribution is 2.32. The zero-order valence-corrected chi connectivity index (χ0v) is 13.7. The maximum atomic E-state index is 4.28. The SMILES string of the molecule is Cn1nccc1CCN1CCCC[C@@H]1c1cc2ccccc2[nH]1. The Hall–Kier alpha value is -2.07. The van der Waals surface area contributed by atoms with Crippen LogP contribution in [-0.4, -0.2) is 32.8 Å². The number of aromatic nitrogens is 3. The van der Waals surface area contributed by atoms with Crippen molar-refractivity contribution in [2.24, 2.45) is 7.05 Å². The van der Waals surface area contributed by atoms with Gasteiger partial charge in [-0.05, 0) is 43.0 Å². The Morgan fingerprint density at radius 2 is 2.13 bits per heavy atom. The highest BCUT2D eigenvalue weighted by molar-refractivity contribution is 5.80. The van der Waals surface area contributed by atoms with E-state index in [0.717, 1.165) is 13.0 Å². The van der Waals surface area contributed by atoms with Crippen molar-refractivity contribution in [3.8, 4) is 0 Å². The van der Waals surface area contributed by atoms with Crippen molar-refractivity contribution in [1.82, 2.24) is 19.7 Å². The van der Waals surface area contributed by atoms with Crippen LogP contribution in [0.25, 0.3) is 10.9 Å². The smallest absolute Gasteiger partial charge is 0.0498 e. The third kappa shape index (κ3) is 2.91. The van der Waals surface area contributed by atoms with Gasteiger partial charge < -0.3 is 4.98 Å². The van der Waals surface area contributed by atoms with E-state index in [4.69, 9.17) is 0 Å². The average Bonchev–Trinajstić information content (AvgIpc) is 3.19. The van der Waals surface area contributed by atoms with Gasteiger partial charge in [-0.15, -0.1) is 0 Å². The van der Waals surface area contributed by atoms with Crippen LogP contribution in [0.2, 0.25) is 0 Å². The monoisotopic (exact) mass is 308 g/mol. The molecule has 1 fully saturated rings. The second-order valence-electron chi connectivity index (χ2n) is 6.56. The summed E-state index contributed by atoms with van der Waals surface area (Å²) in [4.78, 5) is 6.28. The Balaban J connectivity index is 1.54. The molecule has 1 N–H and O–H groups in total. The maximum absolute atomic E-state index is 4.28. The van der Waals surface area contributed by atoms with Crippen molar-refractivity contribution in [1.29, 1.82) is 0 Å². The molecule has 0 saturated carbocycles. The Morgan fingerprint density at radius 3 is 2.96 bits per heavy atom. The quantitative estimate of drug-likeness (QED) is 0.798. The van der Waals surface area contributed by atoms with Gasteiger partial charge in [-0.25, -0.2) is 0 Å². The van der Waals surface area contributed by atoms with E-state index in [9.17, 15) is 0 Å². The first kappa shape index (κ1) is 14.5. The summed E-state index contributed by atoms with van der Waals surface area (Å²) in [6, 6.07) is 13.6. The molecule has 1 aromatic carbocycles. The number of aromatic amines is 1. The van der Waals surface area contributed by atoms with Crippen molar-refractivity contribution in [2.75, 3.05) is 13.1 Å². The molecule has 1 saturated heterocycles. The minimum atomic E-state index is 0.518. The first-order chi connectivity index (χ1) is 11.3. The van der Waals surface area contributed by atoms with Gasteiger partial charge in [-0.2, -0.15) is 5.10 Å². The molecular formula is C19H24N4. The Bertz CT molecular complexity index is 752. The molecule has 1 atom stereocenters. The molecule has 0 bridgehead atoms. The van der Waals surface area contributed by atoms with E-state index in [1.54, 1.807) is 0 Å². The number of hydrogen-bond donors (Lipinski definition) is 1. The van der Waals surface area contributed by atoms with E-state index in [2.05, 4.69) is 51.4 Å². The van der Waals surface area contributed by atoms with Gasteiger partial charge in [-0.1, -0.05) is 24.6 Å². The summed E-state index contributed by atoms with van der Waals surface area (Å²) in [7, 11) is 2.03. The molecule has 0 spiro atoms. The second-order valence-corrected chi connectivity index (χ2v) is 6.56. The summed E-state index contributed by atoms with van der Waals surface area (Å²) in [6.07, 6.45) is 6.83. The van der Waals surface area contributed by atoms with Crippen LogP contribution in [0.5, 0.6) is 0 Å². The molecule has 3 aromatic rings. The van der Waals surface area contributed by atoms with Crippen LogP contribution in [0.4, 0.5) is 0 Å². The Kier molecular flexibility index (Phi) is 3.92. The number of H-pyrrole nitrogens is 1. The van der Waals surface area contributed by atoms with Crippen LogP contribution in [0.1, 0.15) is 36.7 Å². The zero-order valence-electron chi connectivity index (χ0n) is 13.7. The molecule has 4 rings (SSSR count). The second kappa shape index (κ2) is 6.20. The molecule has 120 valence electrons. The molecule has 1 aliphatic rings. The van der Waals surface area contributed by atoms with Gasteiger partial charge in [0.1, 0.15) is 0 Å². The molecular weight excluding hydrogens is 284 g/mol. The lowest BCUT2D eigenvalue weighted by molar-refractivity contribution is 0.147. The molecule has 23 heavy (non-hydrogen) atoms. The van der Waals surface area contributed by atoms with Crippen molar-refractivity contribution < 1.29 is 0 Å². The number of benzene rings is 1. The molecule has 0 unspecified atom stereocenters. The molecule has 0 aliphatic carbocycles. The van der Waals surface area contributed by atoms with Crippen LogP contribution < -0.4 is 0 Å². The van der Waals surface area contributed by atoms with Crippen LogP contribution in [0.3, 0.4) is 0 Å². The Labute approximate surface area is 137 Å².